The summed E-state index contributed by atoms with van der Waals surface area (Å²) in [5.41, 5.74) is 1.36. The highest BCUT2D eigenvalue weighted by atomic mass is 32.1. The zero-order chi connectivity index (χ0) is 20.6. The maximum atomic E-state index is 12.8. The van der Waals surface area contributed by atoms with Gasteiger partial charge in [0.25, 0.3) is 5.17 Å². The van der Waals surface area contributed by atoms with E-state index >= 15 is 0 Å². The molecule has 1 aliphatic heterocycles. The molecule has 4 bridgehead atoms. The Bertz CT molecular complexity index is 745. The number of likely N-dealkylation sites (tertiary alicyclic amines) is 1. The average molecular weight is 427 g/mol. The van der Waals surface area contributed by atoms with Gasteiger partial charge in [0.05, 0.1) is 0 Å². The fourth-order valence-corrected chi connectivity index (χ4v) is 7.52. The van der Waals surface area contributed by atoms with E-state index in [9.17, 15) is 4.79 Å². The summed E-state index contributed by atoms with van der Waals surface area (Å²) < 4.78 is 5.68. The Morgan fingerprint density at radius 2 is 1.77 bits per heavy atom. The standard InChI is InChI=1S/C25H34N2O2S/c28-23(26-25-15-19-12-20(16-25)14-21(13-19)17-25)29-24(30)27-11-5-10-22(27)9-4-8-18-6-2-1-3-7-18/h1-3,6-7,19-22H,4-5,8-17H2,(H,26,28)/t19?,20?,21?,22-,25?/m0/s1. The minimum Gasteiger partial charge on any atom is -0.383 e. The van der Waals surface area contributed by atoms with Crippen LogP contribution in [0.15, 0.2) is 30.3 Å². The van der Waals surface area contributed by atoms with Gasteiger partial charge in [-0.2, -0.15) is 0 Å². The van der Waals surface area contributed by atoms with E-state index in [1.165, 1.54) is 24.8 Å². The predicted octanol–water partition coefficient (Wildman–Crippen LogP) is 5.45. The third-order valence-electron chi connectivity index (χ3n) is 8.04. The van der Waals surface area contributed by atoms with E-state index in [4.69, 9.17) is 17.0 Å². The molecule has 1 saturated heterocycles. The minimum atomic E-state index is -0.322. The number of carbonyl (C=O) groups is 1. The number of carbonyl (C=O) groups excluding carboxylic acids is 1. The topological polar surface area (TPSA) is 41.6 Å². The smallest absolute Gasteiger partial charge is 0.383 e. The largest absolute Gasteiger partial charge is 0.414 e. The van der Waals surface area contributed by atoms with Crippen LogP contribution < -0.4 is 5.32 Å². The molecule has 5 fully saturated rings. The van der Waals surface area contributed by atoms with Crippen LogP contribution in [0.25, 0.3) is 0 Å². The van der Waals surface area contributed by atoms with Crippen LogP contribution in [0.2, 0.25) is 0 Å². The molecule has 4 nitrogen and oxygen atoms in total. The first-order chi connectivity index (χ1) is 14.6. The summed E-state index contributed by atoms with van der Waals surface area (Å²) in [6.07, 6.45) is 12.7. The fourth-order valence-electron chi connectivity index (χ4n) is 7.21. The number of nitrogens with one attached hydrogen (secondary N) is 1. The van der Waals surface area contributed by atoms with Crippen LogP contribution in [0.1, 0.15) is 69.8 Å². The molecule has 0 radical (unpaired) electrons. The lowest BCUT2D eigenvalue weighted by atomic mass is 9.53. The van der Waals surface area contributed by atoms with Crippen LogP contribution >= 0.6 is 12.2 Å². The van der Waals surface area contributed by atoms with Gasteiger partial charge in [0.1, 0.15) is 0 Å². The van der Waals surface area contributed by atoms with Crippen molar-refractivity contribution < 1.29 is 9.53 Å². The number of aryl methyl sites for hydroxylation is 1. The van der Waals surface area contributed by atoms with Crippen LogP contribution in [0.4, 0.5) is 4.79 Å². The number of benzene rings is 1. The van der Waals surface area contributed by atoms with Crippen LogP contribution in [0.5, 0.6) is 0 Å². The monoisotopic (exact) mass is 426 g/mol. The number of alkyl carbamates (subject to hydrolysis) is 1. The summed E-state index contributed by atoms with van der Waals surface area (Å²) >= 11 is 5.56. The molecule has 5 heteroatoms. The van der Waals surface area contributed by atoms with Gasteiger partial charge in [0, 0.05) is 18.1 Å². The molecule has 5 aliphatic rings. The summed E-state index contributed by atoms with van der Waals surface area (Å²) in [4.78, 5) is 14.9. The van der Waals surface area contributed by atoms with Gasteiger partial charge >= 0.3 is 6.09 Å². The second-order valence-corrected chi connectivity index (χ2v) is 10.7. The molecule has 4 saturated carbocycles. The van der Waals surface area contributed by atoms with Gasteiger partial charge in [-0.05, 0) is 106 Å². The summed E-state index contributed by atoms with van der Waals surface area (Å²) in [5.74, 6) is 2.41. The minimum absolute atomic E-state index is 0.0262. The number of ether oxygens (including phenoxy) is 1. The third kappa shape index (κ3) is 4.37. The second kappa shape index (κ2) is 8.49. The van der Waals surface area contributed by atoms with Crippen LogP contribution in [0, 0.1) is 17.8 Å². The zero-order valence-electron chi connectivity index (χ0n) is 17.9. The van der Waals surface area contributed by atoms with E-state index in [1.54, 1.807) is 0 Å². The number of hydrogen-bond donors (Lipinski definition) is 1. The Morgan fingerprint density at radius 1 is 1.10 bits per heavy atom. The highest BCUT2D eigenvalue weighted by Gasteiger charge is 2.51. The van der Waals surface area contributed by atoms with E-state index in [-0.39, 0.29) is 11.6 Å². The maximum absolute atomic E-state index is 12.8. The Balaban J connectivity index is 1.11. The molecule has 162 valence electrons. The summed E-state index contributed by atoms with van der Waals surface area (Å²) in [6, 6.07) is 11.0. The normalized spacial score (nSPS) is 34.2. The Morgan fingerprint density at radius 3 is 2.43 bits per heavy atom. The van der Waals surface area contributed by atoms with Gasteiger partial charge in [-0.1, -0.05) is 30.3 Å². The molecule has 1 amide bonds. The van der Waals surface area contributed by atoms with Gasteiger partial charge in [0.2, 0.25) is 0 Å². The number of thiocarbonyl (C=S) groups is 1. The van der Waals surface area contributed by atoms with Crippen molar-refractivity contribution in [3.8, 4) is 0 Å². The van der Waals surface area contributed by atoms with Crippen molar-refractivity contribution in [3.05, 3.63) is 35.9 Å². The summed E-state index contributed by atoms with van der Waals surface area (Å²) in [6.45, 7) is 0.902. The van der Waals surface area contributed by atoms with Crippen molar-refractivity contribution in [2.24, 2.45) is 17.8 Å². The Labute approximate surface area is 185 Å². The molecule has 0 spiro atoms. The van der Waals surface area contributed by atoms with Crippen LogP contribution in [0.3, 0.4) is 0 Å². The average Bonchev–Trinajstić information content (AvgIpc) is 3.16. The van der Waals surface area contributed by atoms with Crippen molar-refractivity contribution in [2.75, 3.05) is 6.54 Å². The summed E-state index contributed by atoms with van der Waals surface area (Å²) in [7, 11) is 0. The molecule has 1 N–H and O–H groups in total. The molecule has 1 aromatic carbocycles. The lowest BCUT2D eigenvalue weighted by Gasteiger charge is -2.56. The van der Waals surface area contributed by atoms with E-state index in [0.717, 1.165) is 75.7 Å². The molecule has 6 rings (SSSR count). The Kier molecular flexibility index (Phi) is 5.74. The number of hydrogen-bond acceptors (Lipinski definition) is 3. The number of nitrogens with zero attached hydrogens (tertiary/aromatic N) is 1. The molecule has 1 heterocycles. The third-order valence-corrected chi connectivity index (χ3v) is 8.36. The van der Waals surface area contributed by atoms with Gasteiger partial charge in [0.15, 0.2) is 0 Å². The first-order valence-corrected chi connectivity index (χ1v) is 12.3. The molecule has 0 aromatic heterocycles. The van der Waals surface area contributed by atoms with Crippen molar-refractivity contribution >= 4 is 23.5 Å². The van der Waals surface area contributed by atoms with Crippen molar-refractivity contribution in [2.45, 2.75) is 82.2 Å². The molecular weight excluding hydrogens is 392 g/mol. The number of amides is 1. The Hall–Kier alpha value is -1.62. The van der Waals surface area contributed by atoms with Gasteiger partial charge in [-0.15, -0.1) is 0 Å². The molecule has 0 unspecified atom stereocenters. The first-order valence-electron chi connectivity index (χ1n) is 11.9. The van der Waals surface area contributed by atoms with Crippen molar-refractivity contribution in [3.63, 3.8) is 0 Å². The highest BCUT2D eigenvalue weighted by molar-refractivity contribution is 7.80. The van der Waals surface area contributed by atoms with Crippen LogP contribution in [-0.2, 0) is 11.2 Å². The number of rotatable bonds is 5. The van der Waals surface area contributed by atoms with Crippen molar-refractivity contribution in [1.82, 2.24) is 10.2 Å². The van der Waals surface area contributed by atoms with E-state index in [1.807, 2.05) is 0 Å². The lowest BCUT2D eigenvalue weighted by molar-refractivity contribution is -0.0166. The van der Waals surface area contributed by atoms with Gasteiger partial charge in [-0.25, -0.2) is 4.79 Å². The molecule has 4 aliphatic carbocycles. The zero-order valence-corrected chi connectivity index (χ0v) is 18.7. The van der Waals surface area contributed by atoms with E-state index in [2.05, 4.69) is 40.5 Å². The highest BCUT2D eigenvalue weighted by Crippen LogP contribution is 2.55. The first kappa shape index (κ1) is 20.3. The molecular formula is C25H34N2O2S. The quantitative estimate of drug-likeness (QED) is 0.636. The van der Waals surface area contributed by atoms with E-state index < -0.39 is 0 Å². The lowest BCUT2D eigenvalue weighted by Crippen LogP contribution is -2.60. The van der Waals surface area contributed by atoms with Crippen LogP contribution in [-0.4, -0.2) is 34.3 Å². The van der Waals surface area contributed by atoms with Crippen molar-refractivity contribution in [1.29, 1.82) is 0 Å². The molecule has 1 atom stereocenters. The summed E-state index contributed by atoms with van der Waals surface area (Å²) in [5, 5.41) is 3.66. The van der Waals surface area contributed by atoms with E-state index in [0.29, 0.717) is 11.2 Å². The maximum Gasteiger partial charge on any atom is 0.414 e. The molecule has 1 aromatic rings. The molecule has 30 heavy (non-hydrogen) atoms. The second-order valence-electron chi connectivity index (χ2n) is 10.3. The fraction of sp³-hybridized carbons (Fsp3) is 0.680. The predicted molar refractivity (Wildman–Crippen MR) is 122 cm³/mol. The SMILES string of the molecule is O=C(NC12CC3CC(CC(C3)C1)C2)OC(=S)N1CCC[C@@H]1CCCc1ccccc1. The van der Waals surface area contributed by atoms with Gasteiger partial charge in [-0.3, -0.25) is 0 Å². The van der Waals surface area contributed by atoms with Gasteiger partial charge < -0.3 is 15.0 Å².